The number of carbonyl (C=O) groups excluding carboxylic acids is 1. The maximum Gasteiger partial charge on any atom is 0.240 e. The van der Waals surface area contributed by atoms with Crippen molar-refractivity contribution in [2.75, 3.05) is 18.0 Å². The molecule has 1 aliphatic rings. The van der Waals surface area contributed by atoms with Crippen LogP contribution in [0.15, 0.2) is 29.3 Å². The summed E-state index contributed by atoms with van der Waals surface area (Å²) in [5.41, 5.74) is 1.77. The van der Waals surface area contributed by atoms with Crippen molar-refractivity contribution in [1.29, 1.82) is 0 Å². The molecule has 0 N–H and O–H groups in total. The van der Waals surface area contributed by atoms with Crippen molar-refractivity contribution in [3.63, 3.8) is 0 Å². The number of morpholine rings is 1. The number of aliphatic imine (C=N–C) groups is 1. The zero-order valence-electron chi connectivity index (χ0n) is 10.1. The molecule has 1 aliphatic heterocycles. The number of anilines is 1. The zero-order valence-corrected chi connectivity index (χ0v) is 10.1. The molecule has 2 atom stereocenters. The number of nitrogens with zero attached hydrogens (tertiary/aromatic N) is 2. The van der Waals surface area contributed by atoms with Gasteiger partial charge in [-0.2, -0.15) is 4.99 Å². The van der Waals surface area contributed by atoms with Crippen LogP contribution in [0.3, 0.4) is 0 Å². The summed E-state index contributed by atoms with van der Waals surface area (Å²) >= 11 is 0. The Morgan fingerprint density at radius 2 is 1.82 bits per heavy atom. The van der Waals surface area contributed by atoms with Gasteiger partial charge in [0.25, 0.3) is 0 Å². The van der Waals surface area contributed by atoms with E-state index in [0.717, 1.165) is 18.8 Å². The minimum absolute atomic E-state index is 0.242. The van der Waals surface area contributed by atoms with E-state index in [9.17, 15) is 4.79 Å². The lowest BCUT2D eigenvalue weighted by Gasteiger charge is -2.36. The highest BCUT2D eigenvalue weighted by Crippen LogP contribution is 2.23. The van der Waals surface area contributed by atoms with Gasteiger partial charge in [-0.15, -0.1) is 0 Å². The second-order valence-corrected chi connectivity index (χ2v) is 4.38. The summed E-state index contributed by atoms with van der Waals surface area (Å²) in [5.74, 6) is 0. The lowest BCUT2D eigenvalue weighted by atomic mass is 10.2. The van der Waals surface area contributed by atoms with Crippen LogP contribution in [0, 0.1) is 0 Å². The molecule has 4 nitrogen and oxygen atoms in total. The average molecular weight is 232 g/mol. The molecular formula is C13H16N2O2. The Bertz CT molecular complexity index is 414. The number of hydrogen-bond donors (Lipinski definition) is 0. The maximum absolute atomic E-state index is 10.1. The second kappa shape index (κ2) is 5.13. The highest BCUT2D eigenvalue weighted by molar-refractivity contribution is 5.56. The fourth-order valence-corrected chi connectivity index (χ4v) is 2.18. The highest BCUT2D eigenvalue weighted by atomic mass is 16.5. The topological polar surface area (TPSA) is 41.9 Å². The Balaban J connectivity index is 2.13. The summed E-state index contributed by atoms with van der Waals surface area (Å²) in [5, 5.41) is 0. The van der Waals surface area contributed by atoms with E-state index in [4.69, 9.17) is 4.74 Å². The first-order valence-corrected chi connectivity index (χ1v) is 5.77. The van der Waals surface area contributed by atoms with Gasteiger partial charge in [0.1, 0.15) is 0 Å². The van der Waals surface area contributed by atoms with Gasteiger partial charge in [-0.3, -0.25) is 0 Å². The largest absolute Gasteiger partial charge is 0.372 e. The molecule has 2 rings (SSSR count). The Labute approximate surface area is 101 Å². The fourth-order valence-electron chi connectivity index (χ4n) is 2.18. The Kier molecular flexibility index (Phi) is 3.57. The first-order valence-electron chi connectivity index (χ1n) is 5.77. The summed E-state index contributed by atoms with van der Waals surface area (Å²) in [4.78, 5) is 16.0. The summed E-state index contributed by atoms with van der Waals surface area (Å²) in [6.45, 7) is 5.93. The molecule has 2 unspecified atom stereocenters. The van der Waals surface area contributed by atoms with Gasteiger partial charge in [-0.25, -0.2) is 4.79 Å². The fraction of sp³-hybridized carbons (Fsp3) is 0.462. The number of isocyanates is 1. The minimum atomic E-state index is 0.242. The maximum atomic E-state index is 10.1. The Hall–Kier alpha value is -1.64. The molecule has 1 heterocycles. The number of benzene rings is 1. The molecule has 1 aromatic rings. The summed E-state index contributed by atoms with van der Waals surface area (Å²) in [6.07, 6.45) is 2.02. The van der Waals surface area contributed by atoms with E-state index in [2.05, 4.69) is 23.7 Å². The van der Waals surface area contributed by atoms with E-state index in [1.54, 1.807) is 0 Å². The van der Waals surface area contributed by atoms with Crippen molar-refractivity contribution >= 4 is 17.5 Å². The van der Waals surface area contributed by atoms with E-state index < -0.39 is 0 Å². The monoisotopic (exact) mass is 232 g/mol. The molecule has 0 spiro atoms. The van der Waals surface area contributed by atoms with Crippen molar-refractivity contribution in [2.24, 2.45) is 4.99 Å². The third-order valence-corrected chi connectivity index (χ3v) is 2.81. The lowest BCUT2D eigenvalue weighted by molar-refractivity contribution is -0.00521. The molecule has 90 valence electrons. The number of ether oxygens (including phenoxy) is 1. The SMILES string of the molecule is CC1CN(c2ccc(N=C=O)cc2)CC(C)O1. The second-order valence-electron chi connectivity index (χ2n) is 4.38. The third kappa shape index (κ3) is 2.93. The van der Waals surface area contributed by atoms with Gasteiger partial charge in [0.05, 0.1) is 17.9 Å². The van der Waals surface area contributed by atoms with Gasteiger partial charge in [0.2, 0.25) is 6.08 Å². The van der Waals surface area contributed by atoms with Gasteiger partial charge in [0, 0.05) is 18.8 Å². The van der Waals surface area contributed by atoms with Crippen LogP contribution in [-0.4, -0.2) is 31.4 Å². The van der Waals surface area contributed by atoms with Crippen LogP contribution in [0.1, 0.15) is 13.8 Å². The quantitative estimate of drug-likeness (QED) is 0.580. The van der Waals surface area contributed by atoms with Crippen LogP contribution in [0.5, 0.6) is 0 Å². The van der Waals surface area contributed by atoms with Crippen molar-refractivity contribution in [1.82, 2.24) is 0 Å². The molecule has 0 aliphatic carbocycles. The van der Waals surface area contributed by atoms with Gasteiger partial charge in [-0.05, 0) is 38.1 Å². The van der Waals surface area contributed by atoms with E-state index in [1.165, 1.54) is 6.08 Å². The molecule has 0 radical (unpaired) electrons. The van der Waals surface area contributed by atoms with Crippen molar-refractivity contribution in [3.8, 4) is 0 Å². The molecule has 0 amide bonds. The van der Waals surface area contributed by atoms with Crippen LogP contribution in [0.25, 0.3) is 0 Å². The van der Waals surface area contributed by atoms with Crippen LogP contribution < -0.4 is 4.90 Å². The van der Waals surface area contributed by atoms with Crippen LogP contribution in [0.4, 0.5) is 11.4 Å². The Morgan fingerprint density at radius 3 is 2.35 bits per heavy atom. The number of hydrogen-bond acceptors (Lipinski definition) is 4. The van der Waals surface area contributed by atoms with E-state index in [1.807, 2.05) is 24.3 Å². The van der Waals surface area contributed by atoms with Crippen molar-refractivity contribution in [2.45, 2.75) is 26.1 Å². The third-order valence-electron chi connectivity index (χ3n) is 2.81. The first kappa shape index (κ1) is 11.8. The lowest BCUT2D eigenvalue weighted by Crippen LogP contribution is -2.45. The molecule has 0 aromatic heterocycles. The van der Waals surface area contributed by atoms with Crippen molar-refractivity contribution in [3.05, 3.63) is 24.3 Å². The molecule has 0 saturated carbocycles. The molecule has 1 fully saturated rings. The zero-order chi connectivity index (χ0) is 12.3. The van der Waals surface area contributed by atoms with Gasteiger partial charge in [0.15, 0.2) is 0 Å². The molecule has 17 heavy (non-hydrogen) atoms. The van der Waals surface area contributed by atoms with E-state index in [-0.39, 0.29) is 12.2 Å². The predicted octanol–water partition coefficient (Wildman–Crippen LogP) is 2.27. The smallest absolute Gasteiger partial charge is 0.240 e. The first-order chi connectivity index (χ1) is 8.19. The number of rotatable bonds is 2. The Morgan fingerprint density at radius 1 is 1.24 bits per heavy atom. The average Bonchev–Trinajstić information content (AvgIpc) is 2.29. The van der Waals surface area contributed by atoms with Gasteiger partial charge >= 0.3 is 0 Å². The van der Waals surface area contributed by atoms with Crippen LogP contribution in [-0.2, 0) is 9.53 Å². The summed E-state index contributed by atoms with van der Waals surface area (Å²) < 4.78 is 5.69. The van der Waals surface area contributed by atoms with Crippen molar-refractivity contribution < 1.29 is 9.53 Å². The van der Waals surface area contributed by atoms with Gasteiger partial charge in [-0.1, -0.05) is 0 Å². The molecular weight excluding hydrogens is 216 g/mol. The van der Waals surface area contributed by atoms with E-state index in [0.29, 0.717) is 5.69 Å². The standard InChI is InChI=1S/C13H16N2O2/c1-10-7-15(8-11(2)17-10)13-5-3-12(4-6-13)14-9-16/h3-6,10-11H,7-8H2,1-2H3. The molecule has 1 aromatic carbocycles. The molecule has 0 bridgehead atoms. The van der Waals surface area contributed by atoms with E-state index >= 15 is 0 Å². The van der Waals surface area contributed by atoms with Crippen LogP contribution >= 0.6 is 0 Å². The predicted molar refractivity (Wildman–Crippen MR) is 66.4 cm³/mol. The van der Waals surface area contributed by atoms with Gasteiger partial charge < -0.3 is 9.64 Å². The highest BCUT2D eigenvalue weighted by Gasteiger charge is 2.22. The summed E-state index contributed by atoms with van der Waals surface area (Å²) in [7, 11) is 0. The molecule has 4 heteroatoms. The minimum Gasteiger partial charge on any atom is -0.372 e. The van der Waals surface area contributed by atoms with Crippen LogP contribution in [0.2, 0.25) is 0 Å². The normalized spacial score (nSPS) is 24.2. The summed E-state index contributed by atoms with van der Waals surface area (Å²) in [6, 6.07) is 7.60. The molecule has 1 saturated heterocycles.